The zero-order valence-corrected chi connectivity index (χ0v) is 23.7. The summed E-state index contributed by atoms with van der Waals surface area (Å²) >= 11 is 4.78. The van der Waals surface area contributed by atoms with Crippen molar-refractivity contribution < 1.29 is 19.0 Å². The van der Waals surface area contributed by atoms with Gasteiger partial charge in [-0.2, -0.15) is 0 Å². The first-order chi connectivity index (χ1) is 18.4. The number of hydrogen-bond donors (Lipinski definition) is 0. The van der Waals surface area contributed by atoms with E-state index in [-0.39, 0.29) is 12.2 Å². The molecule has 3 aromatic carbocycles. The Morgan fingerprint density at radius 1 is 1.11 bits per heavy atom. The number of carbonyl (C=O) groups is 1. The molecule has 4 aromatic rings. The molecule has 1 aromatic heterocycles. The van der Waals surface area contributed by atoms with E-state index in [1.165, 1.54) is 11.3 Å². The average Bonchev–Trinajstić information content (AvgIpc) is 3.22. The van der Waals surface area contributed by atoms with E-state index in [4.69, 9.17) is 14.2 Å². The molecule has 0 saturated heterocycles. The predicted octanol–water partition coefficient (Wildman–Crippen LogP) is 4.73. The van der Waals surface area contributed by atoms with Gasteiger partial charge in [0.1, 0.15) is 11.5 Å². The number of esters is 1. The summed E-state index contributed by atoms with van der Waals surface area (Å²) in [5.41, 5.74) is 2.16. The van der Waals surface area contributed by atoms with Crippen molar-refractivity contribution in [3.63, 3.8) is 0 Å². The second kappa shape index (κ2) is 10.6. The summed E-state index contributed by atoms with van der Waals surface area (Å²) < 4.78 is 19.2. The first-order valence-electron chi connectivity index (χ1n) is 12.0. The molecule has 38 heavy (non-hydrogen) atoms. The number of rotatable bonds is 6. The number of nitrogens with zero attached hydrogens (tertiary/aromatic N) is 2. The van der Waals surface area contributed by atoms with Gasteiger partial charge in [-0.25, -0.2) is 9.79 Å². The van der Waals surface area contributed by atoms with Crippen molar-refractivity contribution in [2.75, 3.05) is 20.8 Å². The van der Waals surface area contributed by atoms with Gasteiger partial charge in [-0.15, -0.1) is 0 Å². The van der Waals surface area contributed by atoms with Crippen LogP contribution in [0.25, 0.3) is 16.8 Å². The number of methoxy groups -OCH3 is 2. The predicted molar refractivity (Wildman–Crippen MR) is 152 cm³/mol. The summed E-state index contributed by atoms with van der Waals surface area (Å²) in [6.07, 6.45) is 1.77. The molecule has 1 atom stereocenters. The average molecular weight is 593 g/mol. The normalized spacial score (nSPS) is 15.3. The number of thiazole rings is 1. The van der Waals surface area contributed by atoms with Crippen LogP contribution in [0, 0.1) is 0 Å². The highest BCUT2D eigenvalue weighted by Gasteiger charge is 2.34. The van der Waals surface area contributed by atoms with Crippen LogP contribution >= 0.6 is 27.3 Å². The fourth-order valence-corrected chi connectivity index (χ4v) is 6.27. The van der Waals surface area contributed by atoms with E-state index in [1.54, 1.807) is 44.8 Å². The molecular formula is C29H25BrN2O5S. The number of fused-ring (bicyclic) bond motifs is 2. The molecule has 0 bridgehead atoms. The fourth-order valence-electron chi connectivity index (χ4n) is 4.71. The van der Waals surface area contributed by atoms with Crippen molar-refractivity contribution in [3.05, 3.63) is 101 Å². The highest BCUT2D eigenvalue weighted by Crippen LogP contribution is 2.35. The third kappa shape index (κ3) is 4.46. The molecular weight excluding hydrogens is 568 g/mol. The molecule has 0 amide bonds. The number of aromatic nitrogens is 1. The third-order valence-electron chi connectivity index (χ3n) is 6.43. The lowest BCUT2D eigenvalue weighted by molar-refractivity contribution is -0.139. The monoisotopic (exact) mass is 592 g/mol. The summed E-state index contributed by atoms with van der Waals surface area (Å²) in [4.78, 5) is 32.4. The fraction of sp³-hybridized carbons (Fsp3) is 0.207. The molecule has 9 heteroatoms. The van der Waals surface area contributed by atoms with Crippen LogP contribution in [0.2, 0.25) is 0 Å². The van der Waals surface area contributed by atoms with Crippen LogP contribution in [0.3, 0.4) is 0 Å². The minimum atomic E-state index is -0.692. The number of hydrogen-bond acceptors (Lipinski definition) is 7. The van der Waals surface area contributed by atoms with E-state index >= 15 is 0 Å². The summed E-state index contributed by atoms with van der Waals surface area (Å²) in [5, 5.41) is 1.96. The van der Waals surface area contributed by atoms with E-state index in [0.717, 1.165) is 20.8 Å². The maximum Gasteiger partial charge on any atom is 0.338 e. The molecule has 0 fully saturated rings. The van der Waals surface area contributed by atoms with Gasteiger partial charge in [0.25, 0.3) is 5.56 Å². The lowest BCUT2D eigenvalue weighted by atomic mass is 9.91. The molecule has 0 N–H and O–H groups in total. The number of carbonyl (C=O) groups excluding carboxylic acids is 1. The van der Waals surface area contributed by atoms with Crippen molar-refractivity contribution in [2.45, 2.75) is 19.9 Å². The largest absolute Gasteiger partial charge is 0.496 e. The highest BCUT2D eigenvalue weighted by atomic mass is 79.9. The van der Waals surface area contributed by atoms with Crippen molar-refractivity contribution in [2.24, 2.45) is 4.99 Å². The maximum atomic E-state index is 14.0. The SMILES string of the molecule is CCOC(=O)C1=C(C)N=c2s/c(=C\c3cc(Br)c(OC)cc3OC)c(=O)n2[C@H]1c1cccc2ccccc12. The minimum Gasteiger partial charge on any atom is -0.496 e. The Balaban J connectivity index is 1.79. The number of benzene rings is 3. The van der Waals surface area contributed by atoms with Gasteiger partial charge in [0.05, 0.1) is 47.1 Å². The Labute approximate surface area is 231 Å². The van der Waals surface area contributed by atoms with E-state index < -0.39 is 12.0 Å². The molecule has 0 radical (unpaired) electrons. The molecule has 5 rings (SSSR count). The summed E-state index contributed by atoms with van der Waals surface area (Å²) in [6.45, 7) is 3.76. The molecule has 1 aliphatic heterocycles. The standard InChI is InChI=1S/C29H25BrN2O5S/c1-5-37-28(34)25-16(2)31-29-32(26(25)20-12-8-10-17-9-6-7-11-19(17)20)27(33)24(38-29)14-18-13-21(30)23(36-4)15-22(18)35-3/h6-15,26H,5H2,1-4H3/b24-14-/t26-/m0/s1. The zero-order chi connectivity index (χ0) is 27.0. The Hall–Kier alpha value is -3.69. The van der Waals surface area contributed by atoms with Gasteiger partial charge >= 0.3 is 5.97 Å². The van der Waals surface area contributed by atoms with Crippen LogP contribution in [-0.4, -0.2) is 31.4 Å². The van der Waals surface area contributed by atoms with Crippen molar-refractivity contribution in [1.82, 2.24) is 4.57 Å². The van der Waals surface area contributed by atoms with Gasteiger partial charge in [-0.05, 0) is 58.3 Å². The number of allylic oxidation sites excluding steroid dienone is 1. The summed E-state index contributed by atoms with van der Waals surface area (Å²) in [7, 11) is 3.14. The number of halogens is 1. The van der Waals surface area contributed by atoms with Gasteiger partial charge in [-0.1, -0.05) is 53.8 Å². The van der Waals surface area contributed by atoms with Gasteiger partial charge < -0.3 is 14.2 Å². The van der Waals surface area contributed by atoms with Crippen LogP contribution in [0.1, 0.15) is 31.0 Å². The summed E-state index contributed by atoms with van der Waals surface area (Å²) in [6, 6.07) is 16.7. The molecule has 0 spiro atoms. The second-order valence-electron chi connectivity index (χ2n) is 8.60. The van der Waals surface area contributed by atoms with Crippen LogP contribution in [0.4, 0.5) is 0 Å². The van der Waals surface area contributed by atoms with Crippen LogP contribution in [0.15, 0.2) is 80.1 Å². The van der Waals surface area contributed by atoms with Crippen LogP contribution in [-0.2, 0) is 9.53 Å². The van der Waals surface area contributed by atoms with Crippen molar-refractivity contribution >= 4 is 50.1 Å². The molecule has 0 saturated carbocycles. The lowest BCUT2D eigenvalue weighted by Crippen LogP contribution is -2.40. The van der Waals surface area contributed by atoms with Crippen LogP contribution in [0.5, 0.6) is 11.5 Å². The van der Waals surface area contributed by atoms with Crippen molar-refractivity contribution in [3.8, 4) is 11.5 Å². The van der Waals surface area contributed by atoms with E-state index in [0.29, 0.717) is 37.7 Å². The molecule has 194 valence electrons. The third-order valence-corrected chi connectivity index (χ3v) is 8.03. The van der Waals surface area contributed by atoms with Crippen molar-refractivity contribution in [1.29, 1.82) is 0 Å². The zero-order valence-electron chi connectivity index (χ0n) is 21.3. The van der Waals surface area contributed by atoms with Gasteiger partial charge in [0, 0.05) is 11.6 Å². The van der Waals surface area contributed by atoms with Gasteiger partial charge in [0.2, 0.25) is 0 Å². The highest BCUT2D eigenvalue weighted by molar-refractivity contribution is 9.10. The quantitative estimate of drug-likeness (QED) is 0.302. The lowest BCUT2D eigenvalue weighted by Gasteiger charge is -2.25. The molecule has 7 nitrogen and oxygen atoms in total. The topological polar surface area (TPSA) is 79.1 Å². The summed E-state index contributed by atoms with van der Waals surface area (Å²) in [5.74, 6) is 0.692. The molecule has 0 unspecified atom stereocenters. The van der Waals surface area contributed by atoms with Gasteiger partial charge in [0.15, 0.2) is 4.80 Å². The molecule has 1 aliphatic rings. The molecule has 2 heterocycles. The first kappa shape index (κ1) is 25.9. The Bertz CT molecular complexity index is 1780. The Kier molecular flexibility index (Phi) is 7.23. The van der Waals surface area contributed by atoms with E-state index in [1.807, 2.05) is 48.5 Å². The van der Waals surface area contributed by atoms with E-state index in [9.17, 15) is 9.59 Å². The Morgan fingerprint density at radius 2 is 1.84 bits per heavy atom. The second-order valence-corrected chi connectivity index (χ2v) is 10.5. The maximum absolute atomic E-state index is 14.0. The number of ether oxygens (including phenoxy) is 3. The molecule has 0 aliphatic carbocycles. The van der Waals surface area contributed by atoms with Gasteiger partial charge in [-0.3, -0.25) is 9.36 Å². The smallest absolute Gasteiger partial charge is 0.338 e. The minimum absolute atomic E-state index is 0.217. The first-order valence-corrected chi connectivity index (χ1v) is 13.6. The van der Waals surface area contributed by atoms with Crippen LogP contribution < -0.4 is 24.4 Å². The van der Waals surface area contributed by atoms with E-state index in [2.05, 4.69) is 20.9 Å². The Morgan fingerprint density at radius 3 is 2.58 bits per heavy atom.